The number of amides is 2. The zero-order valence-corrected chi connectivity index (χ0v) is 19.2. The molecular weight excluding hydrogens is 412 g/mol. The molecule has 2 amide bonds. The van der Waals surface area contributed by atoms with Crippen LogP contribution in [0.5, 0.6) is 5.75 Å². The Morgan fingerprint density at radius 3 is 2.42 bits per heavy atom. The average molecular weight is 443 g/mol. The van der Waals surface area contributed by atoms with Crippen molar-refractivity contribution in [2.24, 2.45) is 5.92 Å². The van der Waals surface area contributed by atoms with Gasteiger partial charge < -0.3 is 15.0 Å². The van der Waals surface area contributed by atoms with Crippen molar-refractivity contribution in [3.05, 3.63) is 95.6 Å². The lowest BCUT2D eigenvalue weighted by Gasteiger charge is -2.37. The molecule has 0 spiro atoms. The molecule has 3 aromatic carbocycles. The summed E-state index contributed by atoms with van der Waals surface area (Å²) in [6.45, 7) is 3.12. The van der Waals surface area contributed by atoms with Crippen LogP contribution in [-0.2, 0) is 16.0 Å². The molecule has 1 heterocycles. The van der Waals surface area contributed by atoms with E-state index in [4.69, 9.17) is 4.74 Å². The summed E-state index contributed by atoms with van der Waals surface area (Å²) in [4.78, 5) is 28.3. The quantitative estimate of drug-likeness (QED) is 0.596. The first-order chi connectivity index (χ1) is 16.0. The lowest BCUT2D eigenvalue weighted by molar-refractivity contribution is -0.134. The fourth-order valence-electron chi connectivity index (χ4n) is 4.46. The first-order valence-corrected chi connectivity index (χ1v) is 11.3. The number of benzene rings is 3. The van der Waals surface area contributed by atoms with Crippen molar-refractivity contribution in [3.63, 3.8) is 0 Å². The van der Waals surface area contributed by atoms with Crippen molar-refractivity contribution in [3.8, 4) is 5.75 Å². The van der Waals surface area contributed by atoms with Gasteiger partial charge in [-0.05, 0) is 48.7 Å². The number of nitrogens with zero attached hydrogens (tertiary/aromatic N) is 1. The number of likely N-dealkylation sites (tertiary alicyclic amines) is 1. The predicted molar refractivity (Wildman–Crippen MR) is 130 cm³/mol. The van der Waals surface area contributed by atoms with Gasteiger partial charge in [-0.3, -0.25) is 9.59 Å². The van der Waals surface area contributed by atoms with Crippen LogP contribution in [0.4, 0.5) is 5.69 Å². The molecule has 0 radical (unpaired) electrons. The fourth-order valence-corrected chi connectivity index (χ4v) is 4.46. The van der Waals surface area contributed by atoms with E-state index in [1.807, 2.05) is 65.6 Å². The van der Waals surface area contributed by atoms with Crippen molar-refractivity contribution >= 4 is 17.5 Å². The summed E-state index contributed by atoms with van der Waals surface area (Å²) in [6.07, 6.45) is 1.05. The van der Waals surface area contributed by atoms with Gasteiger partial charge in [-0.15, -0.1) is 0 Å². The van der Waals surface area contributed by atoms with Gasteiger partial charge in [-0.1, -0.05) is 60.2 Å². The molecule has 33 heavy (non-hydrogen) atoms. The van der Waals surface area contributed by atoms with Crippen LogP contribution in [-0.4, -0.2) is 36.9 Å². The minimum Gasteiger partial charge on any atom is -0.497 e. The van der Waals surface area contributed by atoms with E-state index in [-0.39, 0.29) is 23.7 Å². The standard InChI is InChI=1S/C28H30N2O3/c1-20-7-6-10-22(15-20)23-17-24(28(32)29-25-11-13-26(33-2)14-12-25)19-30(18-23)27(31)16-21-8-4-3-5-9-21/h3-15,23-24H,16-19H2,1-2H3,(H,29,32). The summed E-state index contributed by atoms with van der Waals surface area (Å²) in [6, 6.07) is 25.4. The second kappa shape index (κ2) is 10.3. The van der Waals surface area contributed by atoms with Crippen LogP contribution in [0.2, 0.25) is 0 Å². The van der Waals surface area contributed by atoms with E-state index in [1.165, 1.54) is 11.1 Å². The highest BCUT2D eigenvalue weighted by molar-refractivity contribution is 5.93. The zero-order valence-electron chi connectivity index (χ0n) is 19.2. The number of aryl methyl sites for hydroxylation is 1. The van der Waals surface area contributed by atoms with Gasteiger partial charge in [0, 0.05) is 24.7 Å². The largest absolute Gasteiger partial charge is 0.497 e. The van der Waals surface area contributed by atoms with Crippen molar-refractivity contribution in [1.29, 1.82) is 0 Å². The van der Waals surface area contributed by atoms with Crippen molar-refractivity contribution in [1.82, 2.24) is 4.90 Å². The van der Waals surface area contributed by atoms with Crippen LogP contribution < -0.4 is 10.1 Å². The second-order valence-electron chi connectivity index (χ2n) is 8.72. The molecule has 2 atom stereocenters. The molecule has 4 rings (SSSR count). The van der Waals surface area contributed by atoms with Gasteiger partial charge in [0.15, 0.2) is 0 Å². The van der Waals surface area contributed by atoms with Crippen molar-refractivity contribution in [2.75, 3.05) is 25.5 Å². The third-order valence-corrected chi connectivity index (χ3v) is 6.24. The van der Waals surface area contributed by atoms with E-state index in [9.17, 15) is 9.59 Å². The molecule has 1 saturated heterocycles. The minimum atomic E-state index is -0.286. The zero-order chi connectivity index (χ0) is 23.2. The Morgan fingerprint density at radius 2 is 1.73 bits per heavy atom. The smallest absolute Gasteiger partial charge is 0.229 e. The summed E-state index contributed by atoms with van der Waals surface area (Å²) in [5, 5.41) is 3.02. The third kappa shape index (κ3) is 5.80. The molecule has 5 heteroatoms. The topological polar surface area (TPSA) is 58.6 Å². The monoisotopic (exact) mass is 442 g/mol. The number of nitrogens with one attached hydrogen (secondary N) is 1. The molecule has 0 aliphatic carbocycles. The second-order valence-corrected chi connectivity index (χ2v) is 8.72. The average Bonchev–Trinajstić information content (AvgIpc) is 2.85. The van der Waals surface area contributed by atoms with Crippen molar-refractivity contribution in [2.45, 2.75) is 25.7 Å². The molecule has 0 bridgehead atoms. The summed E-state index contributed by atoms with van der Waals surface area (Å²) >= 11 is 0. The van der Waals surface area contributed by atoms with Gasteiger partial charge in [-0.25, -0.2) is 0 Å². The Labute approximate surface area is 195 Å². The molecular formula is C28H30N2O3. The van der Waals surface area contributed by atoms with Crippen molar-refractivity contribution < 1.29 is 14.3 Å². The predicted octanol–water partition coefficient (Wildman–Crippen LogP) is 4.82. The highest BCUT2D eigenvalue weighted by Gasteiger charge is 2.34. The highest BCUT2D eigenvalue weighted by atomic mass is 16.5. The Balaban J connectivity index is 1.53. The summed E-state index contributed by atoms with van der Waals surface area (Å²) in [7, 11) is 1.61. The number of hydrogen-bond donors (Lipinski definition) is 1. The molecule has 5 nitrogen and oxygen atoms in total. The van der Waals surface area contributed by atoms with Gasteiger partial charge in [-0.2, -0.15) is 0 Å². The maximum absolute atomic E-state index is 13.2. The Kier molecular flexibility index (Phi) is 7.08. The maximum atomic E-state index is 13.2. The summed E-state index contributed by atoms with van der Waals surface area (Å²) in [5.41, 5.74) is 4.06. The molecule has 3 aromatic rings. The maximum Gasteiger partial charge on any atom is 0.229 e. The minimum absolute atomic E-state index is 0.0563. The SMILES string of the molecule is COc1ccc(NC(=O)C2CC(c3cccc(C)c3)CN(C(=O)Cc3ccccc3)C2)cc1. The number of ether oxygens (including phenoxy) is 1. The van der Waals surface area contributed by atoms with Gasteiger partial charge >= 0.3 is 0 Å². The van der Waals surface area contributed by atoms with Crippen LogP contribution in [0.25, 0.3) is 0 Å². The summed E-state index contributed by atoms with van der Waals surface area (Å²) < 4.78 is 5.20. The van der Waals surface area contributed by atoms with Gasteiger partial charge in [0.05, 0.1) is 19.4 Å². The normalized spacial score (nSPS) is 17.9. The number of carbonyl (C=O) groups is 2. The molecule has 1 N–H and O–H groups in total. The van der Waals surface area contributed by atoms with Gasteiger partial charge in [0.25, 0.3) is 0 Å². The Bertz CT molecular complexity index is 1100. The van der Waals surface area contributed by atoms with Crippen LogP contribution in [0.3, 0.4) is 0 Å². The molecule has 1 aliphatic rings. The first kappa shape index (κ1) is 22.6. The van der Waals surface area contributed by atoms with Gasteiger partial charge in [0.1, 0.15) is 5.75 Å². The first-order valence-electron chi connectivity index (χ1n) is 11.3. The third-order valence-electron chi connectivity index (χ3n) is 6.24. The number of piperidine rings is 1. The molecule has 170 valence electrons. The van der Waals surface area contributed by atoms with E-state index in [1.54, 1.807) is 7.11 Å². The summed E-state index contributed by atoms with van der Waals surface area (Å²) in [5.74, 6) is 0.565. The van der Waals surface area contributed by atoms with Crippen LogP contribution in [0.15, 0.2) is 78.9 Å². The highest BCUT2D eigenvalue weighted by Crippen LogP contribution is 2.32. The number of hydrogen-bond acceptors (Lipinski definition) is 3. The van der Waals surface area contributed by atoms with E-state index in [0.29, 0.717) is 25.9 Å². The fraction of sp³-hybridized carbons (Fsp3) is 0.286. The number of methoxy groups -OCH3 is 1. The van der Waals surface area contributed by atoms with Crippen LogP contribution in [0, 0.1) is 12.8 Å². The Morgan fingerprint density at radius 1 is 0.970 bits per heavy atom. The molecule has 0 saturated carbocycles. The molecule has 1 aliphatic heterocycles. The number of rotatable bonds is 6. The number of anilines is 1. The van der Waals surface area contributed by atoms with E-state index in [2.05, 4.69) is 30.4 Å². The van der Waals surface area contributed by atoms with E-state index < -0.39 is 0 Å². The Hall–Kier alpha value is -3.60. The van der Waals surface area contributed by atoms with Crippen LogP contribution >= 0.6 is 0 Å². The number of carbonyl (C=O) groups excluding carboxylic acids is 2. The van der Waals surface area contributed by atoms with Crippen LogP contribution in [0.1, 0.15) is 29.0 Å². The molecule has 1 fully saturated rings. The lowest BCUT2D eigenvalue weighted by Crippen LogP contribution is -2.47. The lowest BCUT2D eigenvalue weighted by atomic mass is 9.83. The van der Waals surface area contributed by atoms with Gasteiger partial charge in [0.2, 0.25) is 11.8 Å². The molecule has 0 aromatic heterocycles. The molecule has 2 unspecified atom stereocenters. The van der Waals surface area contributed by atoms with E-state index in [0.717, 1.165) is 17.0 Å². The van der Waals surface area contributed by atoms with E-state index >= 15 is 0 Å².